The summed E-state index contributed by atoms with van der Waals surface area (Å²) in [5.41, 5.74) is -0.295. The summed E-state index contributed by atoms with van der Waals surface area (Å²) in [4.78, 5) is 32.2. The monoisotopic (exact) mass is 760 g/mol. The highest BCUT2D eigenvalue weighted by Gasteiger charge is 2.49. The highest BCUT2D eigenvalue weighted by molar-refractivity contribution is 7.54. The molecule has 0 N–H and O–H groups in total. The number of likely N-dealkylation sites (tertiary alicyclic amines) is 1. The van der Waals surface area contributed by atoms with Gasteiger partial charge in [-0.25, -0.2) is 13.2 Å². The van der Waals surface area contributed by atoms with Crippen molar-refractivity contribution >= 4 is 52.6 Å². The van der Waals surface area contributed by atoms with Crippen molar-refractivity contribution in [3.8, 4) is 17.3 Å². The van der Waals surface area contributed by atoms with Crippen molar-refractivity contribution < 1.29 is 36.3 Å². The van der Waals surface area contributed by atoms with Gasteiger partial charge in [-0.3, -0.25) is 19.2 Å². The molecule has 2 aromatic carbocycles. The maximum Gasteiger partial charge on any atom is 0.340 e. The van der Waals surface area contributed by atoms with Crippen molar-refractivity contribution in [1.29, 1.82) is 0 Å². The van der Waals surface area contributed by atoms with Crippen molar-refractivity contribution in [3.63, 3.8) is 0 Å². The lowest BCUT2D eigenvalue weighted by molar-refractivity contribution is -0.134. The van der Waals surface area contributed by atoms with Crippen LogP contribution in [0.3, 0.4) is 0 Å². The zero-order valence-electron chi connectivity index (χ0n) is 29.3. The lowest BCUT2D eigenvalue weighted by atomic mass is 9.95. The molecule has 278 valence electrons. The topological polar surface area (TPSA) is 110 Å². The summed E-state index contributed by atoms with van der Waals surface area (Å²) in [6, 6.07) is 7.87. The number of anilines is 1. The maximum absolute atomic E-state index is 16.8. The predicted molar refractivity (Wildman–Crippen MR) is 193 cm³/mol. The zero-order chi connectivity index (χ0) is 36.8. The first-order valence-corrected chi connectivity index (χ1v) is 19.7. The van der Waals surface area contributed by atoms with Gasteiger partial charge in [0.25, 0.3) is 0 Å². The fraction of sp³-hybridized carbons (Fsp3) is 0.500. The number of benzene rings is 2. The molecule has 11 nitrogen and oxygen atoms in total. The summed E-state index contributed by atoms with van der Waals surface area (Å²) < 4.78 is 75.6. The van der Waals surface area contributed by atoms with E-state index in [0.717, 1.165) is 19.4 Å². The minimum absolute atomic E-state index is 0.0256. The van der Waals surface area contributed by atoms with Crippen LogP contribution in [-0.2, 0) is 18.4 Å². The maximum atomic E-state index is 16.8. The molecule has 2 aromatic heterocycles. The van der Waals surface area contributed by atoms with Crippen molar-refractivity contribution in [2.24, 2.45) is 5.92 Å². The Balaban J connectivity index is 1.19. The normalized spacial score (nSPS) is 20.8. The van der Waals surface area contributed by atoms with E-state index >= 15 is 4.39 Å². The summed E-state index contributed by atoms with van der Waals surface area (Å²) in [6.07, 6.45) is 2.23. The average molecular weight is 761 g/mol. The minimum atomic E-state index is -3.54. The Morgan fingerprint density at radius 1 is 1.12 bits per heavy atom. The van der Waals surface area contributed by atoms with Crippen LogP contribution in [0, 0.1) is 17.6 Å². The number of ether oxygens (including phenoxy) is 1. The van der Waals surface area contributed by atoms with Crippen LogP contribution in [0.1, 0.15) is 33.1 Å². The van der Waals surface area contributed by atoms with Crippen molar-refractivity contribution in [3.05, 3.63) is 53.2 Å². The molecule has 3 aliphatic rings. The number of hydrogen-bond acceptors (Lipinski definition) is 10. The number of pyridine rings is 1. The average Bonchev–Trinajstić information content (AvgIpc) is 3.62. The van der Waals surface area contributed by atoms with Crippen LogP contribution >= 0.6 is 19.2 Å². The number of carbonyl (C=O) groups excluding carboxylic acids is 1. The molecule has 0 unspecified atom stereocenters. The summed E-state index contributed by atoms with van der Waals surface area (Å²) in [5, 5.41) is 1.12. The molecule has 1 amide bonds. The van der Waals surface area contributed by atoms with E-state index in [-0.39, 0.29) is 60.1 Å². The van der Waals surface area contributed by atoms with Crippen molar-refractivity contribution in [1.82, 2.24) is 24.8 Å². The molecule has 16 heteroatoms. The number of carbonyl (C=O) groups is 1. The second kappa shape index (κ2) is 14.7. The number of fused-ring (bicyclic) bond motifs is 3. The number of amides is 1. The van der Waals surface area contributed by atoms with E-state index in [4.69, 9.17) is 30.4 Å². The van der Waals surface area contributed by atoms with E-state index in [1.54, 1.807) is 50.1 Å². The van der Waals surface area contributed by atoms with E-state index in [1.807, 2.05) is 4.90 Å². The molecule has 0 saturated carbocycles. The first kappa shape index (κ1) is 36.8. The van der Waals surface area contributed by atoms with Crippen molar-refractivity contribution in [2.75, 3.05) is 70.7 Å². The second-order valence-corrected chi connectivity index (χ2v) is 16.2. The standard InChI is InChI=1S/C36H41ClF3N6O5P/c1-4-50-52(48,51-5-2)20-28(47)45-17-22(18-45)16-44(3)34-26-15-41-32(25-9-6-8-23-10-11-27(39)30(37)29(23)25)31(40)33(26)42-35(43-34)49-21-36-12-7-13-46(36)19-24(38)14-36/h6,8-11,15,22,24H,4-5,7,12-14,16-21H2,1-3H3/t24-,36+/m1/s1. The van der Waals surface area contributed by atoms with E-state index in [1.165, 1.54) is 12.3 Å². The van der Waals surface area contributed by atoms with E-state index in [9.17, 15) is 18.1 Å². The molecule has 7 rings (SSSR count). The number of hydrogen-bond donors (Lipinski definition) is 0. The van der Waals surface area contributed by atoms with Crippen LogP contribution < -0.4 is 9.64 Å². The fourth-order valence-electron chi connectivity index (χ4n) is 7.87. The molecule has 2 atom stereocenters. The van der Waals surface area contributed by atoms with Gasteiger partial charge in [-0.1, -0.05) is 35.9 Å². The van der Waals surface area contributed by atoms with Gasteiger partial charge in [-0.2, -0.15) is 9.97 Å². The Kier molecular flexibility index (Phi) is 10.4. The molecule has 0 spiro atoms. The van der Waals surface area contributed by atoms with Crippen LogP contribution in [0.15, 0.2) is 36.5 Å². The molecule has 52 heavy (non-hydrogen) atoms. The first-order valence-electron chi connectivity index (χ1n) is 17.6. The molecule has 0 radical (unpaired) electrons. The molecule has 4 aromatic rings. The largest absolute Gasteiger partial charge is 0.461 e. The van der Waals surface area contributed by atoms with Gasteiger partial charge in [-0.15, -0.1) is 0 Å². The molecule has 3 fully saturated rings. The lowest BCUT2D eigenvalue weighted by Gasteiger charge is -2.41. The molecular weight excluding hydrogens is 720 g/mol. The Bertz CT molecular complexity index is 2050. The summed E-state index contributed by atoms with van der Waals surface area (Å²) in [7, 11) is -1.74. The van der Waals surface area contributed by atoms with E-state index < -0.39 is 30.9 Å². The quantitative estimate of drug-likeness (QED) is 0.134. The number of aromatic nitrogens is 3. The predicted octanol–water partition coefficient (Wildman–Crippen LogP) is 6.89. The van der Waals surface area contributed by atoms with E-state index in [0.29, 0.717) is 60.1 Å². The minimum Gasteiger partial charge on any atom is -0.461 e. The van der Waals surface area contributed by atoms with Gasteiger partial charge in [0, 0.05) is 62.7 Å². The fourth-order valence-corrected chi connectivity index (χ4v) is 9.72. The summed E-state index contributed by atoms with van der Waals surface area (Å²) >= 11 is 6.40. The molecule has 0 bridgehead atoms. The van der Waals surface area contributed by atoms with Gasteiger partial charge < -0.3 is 23.6 Å². The molecule has 3 saturated heterocycles. The van der Waals surface area contributed by atoms with Gasteiger partial charge in [-0.05, 0) is 44.7 Å². The Hall–Kier alpha value is -3.55. The SMILES string of the molecule is CCOP(=O)(CC(=O)N1CC(CN(C)c2nc(OC[C@@]34CCCN3C[C@H](F)C4)nc3c(F)c(-c4cccc5ccc(F)c(Cl)c45)ncc23)C1)OCC. The molecule has 5 heterocycles. The highest BCUT2D eigenvalue weighted by atomic mass is 35.5. The van der Waals surface area contributed by atoms with Crippen LogP contribution in [0.4, 0.5) is 19.0 Å². The third-order valence-electron chi connectivity index (χ3n) is 10.2. The highest BCUT2D eigenvalue weighted by Crippen LogP contribution is 2.48. The Morgan fingerprint density at radius 2 is 1.88 bits per heavy atom. The summed E-state index contributed by atoms with van der Waals surface area (Å²) in [5.74, 6) is -1.33. The van der Waals surface area contributed by atoms with Crippen LogP contribution in [0.25, 0.3) is 32.9 Å². The number of nitrogens with zero attached hydrogens (tertiary/aromatic N) is 6. The third kappa shape index (κ3) is 6.96. The van der Waals surface area contributed by atoms with Crippen LogP contribution in [-0.4, -0.2) is 108 Å². The Morgan fingerprint density at radius 3 is 2.63 bits per heavy atom. The van der Waals surface area contributed by atoms with Gasteiger partial charge in [0.2, 0.25) is 5.91 Å². The summed E-state index contributed by atoms with van der Waals surface area (Å²) in [6.45, 7) is 6.25. The third-order valence-corrected chi connectivity index (χ3v) is 12.6. The number of alkyl halides is 1. The smallest absolute Gasteiger partial charge is 0.340 e. The first-order chi connectivity index (χ1) is 24.9. The van der Waals surface area contributed by atoms with Crippen LogP contribution in [0.5, 0.6) is 6.01 Å². The molecular formula is C36H41ClF3N6O5P. The van der Waals surface area contributed by atoms with Gasteiger partial charge in [0.15, 0.2) is 5.82 Å². The zero-order valence-corrected chi connectivity index (χ0v) is 30.9. The molecule has 0 aliphatic carbocycles. The van der Waals surface area contributed by atoms with Gasteiger partial charge >= 0.3 is 13.6 Å². The van der Waals surface area contributed by atoms with Crippen LogP contribution in [0.2, 0.25) is 5.02 Å². The molecule has 3 aliphatic heterocycles. The number of rotatable bonds is 13. The van der Waals surface area contributed by atoms with Gasteiger partial charge in [0.05, 0.1) is 29.2 Å². The number of halogens is 4. The van der Waals surface area contributed by atoms with E-state index in [2.05, 4.69) is 14.9 Å². The van der Waals surface area contributed by atoms with Crippen molar-refractivity contribution in [2.45, 2.75) is 44.8 Å². The second-order valence-electron chi connectivity index (χ2n) is 13.8. The lowest BCUT2D eigenvalue weighted by Crippen LogP contribution is -2.54. The Labute approximate surface area is 304 Å². The van der Waals surface area contributed by atoms with Gasteiger partial charge in [0.1, 0.15) is 41.8 Å².